The summed E-state index contributed by atoms with van der Waals surface area (Å²) in [5.41, 5.74) is 7.91. The second kappa shape index (κ2) is 5.29. The van der Waals surface area contributed by atoms with Crippen LogP contribution in [0, 0.1) is 11.8 Å². The maximum absolute atomic E-state index is 11.6. The number of nitrogens with one attached hydrogen (secondary N) is 1. The third kappa shape index (κ3) is 2.94. The van der Waals surface area contributed by atoms with Gasteiger partial charge < -0.3 is 15.8 Å². The average molecular weight is 248 g/mol. The van der Waals surface area contributed by atoms with E-state index in [-0.39, 0.29) is 5.97 Å². The number of esters is 1. The van der Waals surface area contributed by atoms with Gasteiger partial charge in [-0.05, 0) is 43.4 Å². The topological polar surface area (TPSA) is 64.3 Å². The third-order valence-electron chi connectivity index (χ3n) is 3.40. The van der Waals surface area contributed by atoms with Crippen LogP contribution in [0.3, 0.4) is 0 Å². The van der Waals surface area contributed by atoms with E-state index in [1.165, 1.54) is 6.42 Å². The smallest absolute Gasteiger partial charge is 0.338 e. The summed E-state index contributed by atoms with van der Waals surface area (Å²) in [5.74, 6) is 1.22. The molecule has 0 radical (unpaired) electrons. The van der Waals surface area contributed by atoms with Crippen LogP contribution in [0.5, 0.6) is 0 Å². The zero-order valence-corrected chi connectivity index (χ0v) is 10.9. The maximum atomic E-state index is 11.6. The SMILES string of the molecule is CCOC(=O)c1ccc(N)c(NCC2CC2C)c1. The largest absolute Gasteiger partial charge is 0.462 e. The Balaban J connectivity index is 2.03. The number of hydrogen-bond donors (Lipinski definition) is 2. The minimum Gasteiger partial charge on any atom is -0.462 e. The fraction of sp³-hybridized carbons (Fsp3) is 0.500. The lowest BCUT2D eigenvalue weighted by atomic mass is 10.1. The Morgan fingerprint density at radius 2 is 2.28 bits per heavy atom. The molecule has 0 aromatic heterocycles. The first-order valence-electron chi connectivity index (χ1n) is 6.42. The monoisotopic (exact) mass is 248 g/mol. The molecule has 4 heteroatoms. The Morgan fingerprint density at radius 3 is 2.89 bits per heavy atom. The van der Waals surface area contributed by atoms with Crippen molar-refractivity contribution in [2.45, 2.75) is 20.3 Å². The van der Waals surface area contributed by atoms with Crippen LogP contribution < -0.4 is 11.1 Å². The number of nitrogens with two attached hydrogens (primary N) is 1. The minimum absolute atomic E-state index is 0.305. The summed E-state index contributed by atoms with van der Waals surface area (Å²) < 4.78 is 4.97. The molecule has 4 nitrogen and oxygen atoms in total. The second-order valence-electron chi connectivity index (χ2n) is 4.88. The number of carbonyl (C=O) groups excluding carboxylic acids is 1. The quantitative estimate of drug-likeness (QED) is 0.620. The Hall–Kier alpha value is -1.71. The van der Waals surface area contributed by atoms with Gasteiger partial charge in [-0.1, -0.05) is 6.92 Å². The molecule has 1 aliphatic rings. The Bertz CT molecular complexity index is 445. The van der Waals surface area contributed by atoms with Gasteiger partial charge in [0.1, 0.15) is 0 Å². The van der Waals surface area contributed by atoms with Crippen LogP contribution in [-0.4, -0.2) is 19.1 Å². The van der Waals surface area contributed by atoms with E-state index in [2.05, 4.69) is 12.2 Å². The van der Waals surface area contributed by atoms with Gasteiger partial charge in [-0.2, -0.15) is 0 Å². The number of nitrogen functional groups attached to an aromatic ring is 1. The number of ether oxygens (including phenoxy) is 1. The fourth-order valence-electron chi connectivity index (χ4n) is 1.98. The number of rotatable bonds is 5. The van der Waals surface area contributed by atoms with E-state index in [4.69, 9.17) is 10.5 Å². The summed E-state index contributed by atoms with van der Waals surface area (Å²) in [6, 6.07) is 5.20. The molecule has 0 heterocycles. The van der Waals surface area contributed by atoms with Crippen molar-refractivity contribution in [3.63, 3.8) is 0 Å². The van der Waals surface area contributed by atoms with Crippen LogP contribution in [-0.2, 0) is 4.74 Å². The second-order valence-corrected chi connectivity index (χ2v) is 4.88. The van der Waals surface area contributed by atoms with Crippen LogP contribution in [0.2, 0.25) is 0 Å². The van der Waals surface area contributed by atoms with E-state index in [0.717, 1.165) is 24.1 Å². The third-order valence-corrected chi connectivity index (χ3v) is 3.40. The summed E-state index contributed by atoms with van der Waals surface area (Å²) in [6.07, 6.45) is 1.27. The van der Waals surface area contributed by atoms with Gasteiger partial charge in [0, 0.05) is 6.54 Å². The van der Waals surface area contributed by atoms with E-state index in [0.29, 0.717) is 17.9 Å². The summed E-state index contributed by atoms with van der Waals surface area (Å²) in [4.78, 5) is 11.6. The van der Waals surface area contributed by atoms with E-state index in [1.807, 2.05) is 0 Å². The molecule has 0 amide bonds. The highest BCUT2D eigenvalue weighted by atomic mass is 16.5. The molecule has 0 aliphatic heterocycles. The molecule has 1 fully saturated rings. The molecule has 1 saturated carbocycles. The molecule has 1 aliphatic carbocycles. The molecule has 1 aromatic rings. The standard InChI is InChI=1S/C14H20N2O2/c1-3-18-14(17)10-4-5-12(15)13(7-10)16-8-11-6-9(11)2/h4-5,7,9,11,16H,3,6,8,15H2,1-2H3. The molecular formula is C14H20N2O2. The van der Waals surface area contributed by atoms with Gasteiger partial charge in [0.25, 0.3) is 0 Å². The predicted octanol–water partition coefficient (Wildman–Crippen LogP) is 2.51. The summed E-state index contributed by atoms with van der Waals surface area (Å²) in [7, 11) is 0. The number of hydrogen-bond acceptors (Lipinski definition) is 4. The Labute approximate surface area is 108 Å². The average Bonchev–Trinajstić information content (AvgIpc) is 3.04. The van der Waals surface area contributed by atoms with Gasteiger partial charge in [-0.25, -0.2) is 4.79 Å². The van der Waals surface area contributed by atoms with Crippen LogP contribution in [0.15, 0.2) is 18.2 Å². The van der Waals surface area contributed by atoms with E-state index >= 15 is 0 Å². The van der Waals surface area contributed by atoms with Crippen molar-refractivity contribution in [3.05, 3.63) is 23.8 Å². The highest BCUT2D eigenvalue weighted by Crippen LogP contribution is 2.37. The van der Waals surface area contributed by atoms with Gasteiger partial charge in [-0.15, -0.1) is 0 Å². The lowest BCUT2D eigenvalue weighted by Gasteiger charge is -2.10. The lowest BCUT2D eigenvalue weighted by Crippen LogP contribution is -2.09. The molecule has 2 rings (SSSR count). The molecule has 18 heavy (non-hydrogen) atoms. The van der Waals surface area contributed by atoms with Crippen molar-refractivity contribution >= 4 is 17.3 Å². The van der Waals surface area contributed by atoms with Crippen molar-refractivity contribution in [1.29, 1.82) is 0 Å². The van der Waals surface area contributed by atoms with Crippen molar-refractivity contribution < 1.29 is 9.53 Å². The highest BCUT2D eigenvalue weighted by molar-refractivity contribution is 5.92. The summed E-state index contributed by atoms with van der Waals surface area (Å²) in [6.45, 7) is 5.33. The Kier molecular flexibility index (Phi) is 3.75. The summed E-state index contributed by atoms with van der Waals surface area (Å²) in [5, 5.41) is 3.31. The molecule has 3 N–H and O–H groups in total. The Morgan fingerprint density at radius 1 is 1.56 bits per heavy atom. The van der Waals surface area contributed by atoms with E-state index in [1.54, 1.807) is 25.1 Å². The first-order chi connectivity index (χ1) is 8.61. The maximum Gasteiger partial charge on any atom is 0.338 e. The molecule has 0 saturated heterocycles. The first kappa shape index (κ1) is 12.7. The molecule has 0 bridgehead atoms. The van der Waals surface area contributed by atoms with Crippen LogP contribution in [0.4, 0.5) is 11.4 Å². The van der Waals surface area contributed by atoms with Gasteiger partial charge >= 0.3 is 5.97 Å². The number of carbonyl (C=O) groups is 1. The van der Waals surface area contributed by atoms with Crippen molar-refractivity contribution in [1.82, 2.24) is 0 Å². The minimum atomic E-state index is -0.305. The van der Waals surface area contributed by atoms with Crippen molar-refractivity contribution in [3.8, 4) is 0 Å². The summed E-state index contributed by atoms with van der Waals surface area (Å²) >= 11 is 0. The normalized spacial score (nSPS) is 21.4. The zero-order valence-electron chi connectivity index (χ0n) is 10.9. The van der Waals surface area contributed by atoms with Crippen molar-refractivity contribution in [2.75, 3.05) is 24.2 Å². The van der Waals surface area contributed by atoms with Crippen LogP contribution in [0.1, 0.15) is 30.6 Å². The van der Waals surface area contributed by atoms with Gasteiger partial charge in [0.15, 0.2) is 0 Å². The van der Waals surface area contributed by atoms with Crippen LogP contribution >= 0.6 is 0 Å². The van der Waals surface area contributed by atoms with Gasteiger partial charge in [-0.3, -0.25) is 0 Å². The van der Waals surface area contributed by atoms with Crippen molar-refractivity contribution in [2.24, 2.45) is 11.8 Å². The predicted molar refractivity (Wildman–Crippen MR) is 72.6 cm³/mol. The van der Waals surface area contributed by atoms with E-state index < -0.39 is 0 Å². The zero-order chi connectivity index (χ0) is 13.1. The van der Waals surface area contributed by atoms with Gasteiger partial charge in [0.05, 0.1) is 23.5 Å². The molecule has 98 valence electrons. The van der Waals surface area contributed by atoms with E-state index in [9.17, 15) is 4.79 Å². The number of benzene rings is 1. The highest BCUT2D eigenvalue weighted by Gasteiger charge is 2.31. The molecular weight excluding hydrogens is 228 g/mol. The number of anilines is 2. The lowest BCUT2D eigenvalue weighted by molar-refractivity contribution is 0.0526. The molecule has 0 spiro atoms. The van der Waals surface area contributed by atoms with Crippen LogP contribution in [0.25, 0.3) is 0 Å². The fourth-order valence-corrected chi connectivity index (χ4v) is 1.98. The molecule has 2 atom stereocenters. The first-order valence-corrected chi connectivity index (χ1v) is 6.42. The molecule has 1 aromatic carbocycles. The molecule has 2 unspecified atom stereocenters. The van der Waals surface area contributed by atoms with Gasteiger partial charge in [0.2, 0.25) is 0 Å².